The van der Waals surface area contributed by atoms with Crippen LogP contribution in [0.25, 0.3) is 0 Å². The van der Waals surface area contributed by atoms with Crippen molar-refractivity contribution in [1.82, 2.24) is 0 Å². The van der Waals surface area contributed by atoms with E-state index < -0.39 is 0 Å². The highest BCUT2D eigenvalue weighted by molar-refractivity contribution is 7.80. The Morgan fingerprint density at radius 2 is 1.93 bits per heavy atom. The van der Waals surface area contributed by atoms with E-state index in [0.717, 1.165) is 17.7 Å². The summed E-state index contributed by atoms with van der Waals surface area (Å²) < 4.78 is 0. The van der Waals surface area contributed by atoms with Gasteiger partial charge in [0.15, 0.2) is 0 Å². The Balaban J connectivity index is 2.15. The van der Waals surface area contributed by atoms with Crippen molar-refractivity contribution in [3.05, 3.63) is 59.7 Å². The van der Waals surface area contributed by atoms with Gasteiger partial charge in [0.1, 0.15) is 0 Å². The van der Waals surface area contributed by atoms with Crippen LogP contribution in [0.3, 0.4) is 0 Å². The van der Waals surface area contributed by atoms with Crippen molar-refractivity contribution in [2.45, 2.75) is 12.8 Å². The summed E-state index contributed by atoms with van der Waals surface area (Å²) in [5, 5.41) is 0. The number of thiocarbonyl (C=S) groups is 1. The summed E-state index contributed by atoms with van der Waals surface area (Å²) in [5.74, 6) is 0. The van der Waals surface area contributed by atoms with Crippen LogP contribution in [0.1, 0.15) is 12.0 Å². The monoisotopic (exact) mass is 200 g/mol. The highest BCUT2D eigenvalue weighted by Crippen LogP contribution is 2.15. The summed E-state index contributed by atoms with van der Waals surface area (Å²) in [5.41, 5.74) is 2.62. The van der Waals surface area contributed by atoms with Gasteiger partial charge in [0.2, 0.25) is 0 Å². The van der Waals surface area contributed by atoms with Crippen LogP contribution in [-0.2, 0) is 6.42 Å². The second kappa shape index (κ2) is 4.34. The highest BCUT2D eigenvalue weighted by atomic mass is 32.1. The van der Waals surface area contributed by atoms with Crippen LogP contribution in [0.5, 0.6) is 0 Å². The lowest BCUT2D eigenvalue weighted by Gasteiger charge is -2.10. The molecule has 0 heterocycles. The summed E-state index contributed by atoms with van der Waals surface area (Å²) >= 11 is 5.31. The van der Waals surface area contributed by atoms with E-state index in [1.165, 1.54) is 11.1 Å². The van der Waals surface area contributed by atoms with Gasteiger partial charge in [0, 0.05) is 11.3 Å². The Morgan fingerprint density at radius 1 is 1.14 bits per heavy atom. The number of benzene rings is 1. The van der Waals surface area contributed by atoms with Gasteiger partial charge in [-0.2, -0.15) is 0 Å². The molecule has 0 saturated heterocycles. The summed E-state index contributed by atoms with van der Waals surface area (Å²) in [6.45, 7) is 0. The molecule has 0 fully saturated rings. The average Bonchev–Trinajstić information content (AvgIpc) is 2.23. The van der Waals surface area contributed by atoms with Crippen molar-refractivity contribution < 1.29 is 0 Å². The van der Waals surface area contributed by atoms with Gasteiger partial charge in [-0.1, -0.05) is 60.8 Å². The molecule has 0 unspecified atom stereocenters. The molecule has 0 spiro atoms. The molecule has 0 amide bonds. The minimum atomic E-state index is 0.925. The van der Waals surface area contributed by atoms with Crippen LogP contribution >= 0.6 is 12.2 Å². The molecule has 0 saturated carbocycles. The zero-order valence-electron chi connectivity index (χ0n) is 7.94. The summed E-state index contributed by atoms with van der Waals surface area (Å²) in [4.78, 5) is 1.08. The molecule has 0 radical (unpaired) electrons. The third kappa shape index (κ3) is 2.18. The van der Waals surface area contributed by atoms with Gasteiger partial charge >= 0.3 is 0 Å². The molecule has 70 valence electrons. The zero-order valence-corrected chi connectivity index (χ0v) is 8.76. The van der Waals surface area contributed by atoms with Gasteiger partial charge in [-0.15, -0.1) is 0 Å². The van der Waals surface area contributed by atoms with E-state index in [9.17, 15) is 0 Å². The van der Waals surface area contributed by atoms with E-state index in [4.69, 9.17) is 12.2 Å². The maximum Gasteiger partial charge on any atom is 0.0225 e. The molecule has 0 bridgehead atoms. The van der Waals surface area contributed by atoms with Gasteiger partial charge in [-0.3, -0.25) is 0 Å². The Kier molecular flexibility index (Phi) is 2.90. The average molecular weight is 200 g/mol. The SMILES string of the molecule is S=C1CC=CC=C1Cc1ccccc1. The maximum absolute atomic E-state index is 5.31. The number of hydrogen-bond acceptors (Lipinski definition) is 1. The largest absolute Gasteiger partial charge is 0.0843 e. The molecule has 1 heteroatoms. The van der Waals surface area contributed by atoms with Crippen LogP contribution < -0.4 is 0 Å². The second-order valence-corrected chi connectivity index (χ2v) is 3.90. The van der Waals surface area contributed by atoms with E-state index in [1.54, 1.807) is 0 Å². The van der Waals surface area contributed by atoms with Crippen molar-refractivity contribution in [3.63, 3.8) is 0 Å². The topological polar surface area (TPSA) is 0 Å². The Hall–Kier alpha value is -1.21. The normalized spacial score (nSPS) is 15.4. The minimum absolute atomic E-state index is 0.925. The summed E-state index contributed by atoms with van der Waals surface area (Å²) in [7, 11) is 0. The van der Waals surface area contributed by atoms with Crippen molar-refractivity contribution in [2.24, 2.45) is 0 Å². The van der Waals surface area contributed by atoms with Crippen LogP contribution in [0.4, 0.5) is 0 Å². The van der Waals surface area contributed by atoms with Gasteiger partial charge in [-0.05, 0) is 17.6 Å². The second-order valence-electron chi connectivity index (χ2n) is 3.41. The molecule has 1 aromatic carbocycles. The molecular weight excluding hydrogens is 188 g/mol. The Labute approximate surface area is 90.0 Å². The first-order chi connectivity index (χ1) is 6.86. The van der Waals surface area contributed by atoms with Crippen LogP contribution in [0.15, 0.2) is 54.1 Å². The number of allylic oxidation sites excluding steroid dienone is 4. The Morgan fingerprint density at radius 3 is 2.64 bits per heavy atom. The summed E-state index contributed by atoms with van der Waals surface area (Å²) in [6.07, 6.45) is 8.21. The van der Waals surface area contributed by atoms with Gasteiger partial charge in [0.25, 0.3) is 0 Å². The van der Waals surface area contributed by atoms with E-state index in [-0.39, 0.29) is 0 Å². The van der Waals surface area contributed by atoms with Gasteiger partial charge in [-0.25, -0.2) is 0 Å². The fourth-order valence-electron chi connectivity index (χ4n) is 1.56. The molecule has 0 nitrogen and oxygen atoms in total. The summed E-state index contributed by atoms with van der Waals surface area (Å²) in [6, 6.07) is 10.5. The molecule has 0 N–H and O–H groups in total. The molecule has 0 aliphatic heterocycles. The minimum Gasteiger partial charge on any atom is -0.0843 e. The molecule has 2 rings (SSSR count). The van der Waals surface area contributed by atoms with E-state index in [1.807, 2.05) is 6.07 Å². The lowest BCUT2D eigenvalue weighted by molar-refractivity contribution is 1.20. The van der Waals surface area contributed by atoms with Gasteiger partial charge in [0.05, 0.1) is 0 Å². The number of hydrogen-bond donors (Lipinski definition) is 0. The van der Waals surface area contributed by atoms with Crippen molar-refractivity contribution in [3.8, 4) is 0 Å². The predicted molar refractivity (Wildman–Crippen MR) is 64.6 cm³/mol. The predicted octanol–water partition coefficient (Wildman–Crippen LogP) is 3.49. The number of rotatable bonds is 2. The Bertz CT molecular complexity index is 385. The van der Waals surface area contributed by atoms with E-state index >= 15 is 0 Å². The van der Waals surface area contributed by atoms with E-state index in [0.29, 0.717) is 0 Å². The third-order valence-electron chi connectivity index (χ3n) is 2.33. The van der Waals surface area contributed by atoms with Gasteiger partial charge < -0.3 is 0 Å². The van der Waals surface area contributed by atoms with Crippen LogP contribution in [0.2, 0.25) is 0 Å². The van der Waals surface area contributed by atoms with Crippen molar-refractivity contribution >= 4 is 17.1 Å². The first-order valence-corrected chi connectivity index (χ1v) is 5.20. The molecule has 14 heavy (non-hydrogen) atoms. The maximum atomic E-state index is 5.31. The molecular formula is C13H12S. The molecule has 1 aliphatic rings. The van der Waals surface area contributed by atoms with Crippen molar-refractivity contribution in [2.75, 3.05) is 0 Å². The lowest BCUT2D eigenvalue weighted by atomic mass is 9.97. The first kappa shape index (κ1) is 9.35. The fraction of sp³-hybridized carbons (Fsp3) is 0.154. The smallest absolute Gasteiger partial charge is 0.0225 e. The fourth-order valence-corrected chi connectivity index (χ4v) is 1.79. The van der Waals surface area contributed by atoms with Crippen molar-refractivity contribution in [1.29, 1.82) is 0 Å². The molecule has 1 aromatic rings. The van der Waals surface area contributed by atoms with Crippen LogP contribution in [0, 0.1) is 0 Å². The quantitative estimate of drug-likeness (QED) is 0.659. The van der Waals surface area contributed by atoms with E-state index in [2.05, 4.69) is 42.5 Å². The highest BCUT2D eigenvalue weighted by Gasteiger charge is 2.06. The first-order valence-electron chi connectivity index (χ1n) is 4.79. The standard InChI is InChI=1S/C13H12S/c14-13-9-5-4-8-12(13)10-11-6-2-1-3-7-11/h1-8H,9-10H2. The molecule has 0 atom stereocenters. The molecule has 0 aromatic heterocycles. The van der Waals surface area contributed by atoms with Crippen LogP contribution in [-0.4, -0.2) is 4.86 Å². The third-order valence-corrected chi connectivity index (χ3v) is 2.76. The molecule has 1 aliphatic carbocycles. The lowest BCUT2D eigenvalue weighted by Crippen LogP contribution is -2.04. The zero-order chi connectivity index (χ0) is 9.80.